The van der Waals surface area contributed by atoms with E-state index in [2.05, 4.69) is 36.4 Å². The molecule has 0 rings (SSSR count). The molecule has 120 valence electrons. The van der Waals surface area contributed by atoms with Crippen LogP contribution >= 0.6 is 0 Å². The zero-order valence-electron chi connectivity index (χ0n) is 13.6. The molecule has 0 spiro atoms. The monoisotopic (exact) mass is 287 g/mol. The van der Waals surface area contributed by atoms with E-state index >= 15 is 0 Å². The Morgan fingerprint density at radius 1 is 1.15 bits per heavy atom. The number of aliphatic imine (C=N–C) groups is 1. The summed E-state index contributed by atoms with van der Waals surface area (Å²) >= 11 is 0. The van der Waals surface area contributed by atoms with Crippen LogP contribution in [0.1, 0.15) is 47.0 Å². The van der Waals surface area contributed by atoms with E-state index in [1.54, 1.807) is 0 Å². The first kappa shape index (κ1) is 19.2. The van der Waals surface area contributed by atoms with Crippen molar-refractivity contribution in [2.75, 3.05) is 32.8 Å². The van der Waals surface area contributed by atoms with E-state index < -0.39 is 6.10 Å². The number of nitrogens with zero attached hydrogens (tertiary/aromatic N) is 1. The Morgan fingerprint density at radius 2 is 1.90 bits per heavy atom. The molecule has 3 N–H and O–H groups in total. The zero-order valence-corrected chi connectivity index (χ0v) is 13.6. The van der Waals surface area contributed by atoms with E-state index in [0.717, 1.165) is 25.5 Å². The number of ether oxygens (including phenoxy) is 1. The molecule has 0 saturated heterocycles. The van der Waals surface area contributed by atoms with Crippen LogP contribution in [0.3, 0.4) is 0 Å². The Kier molecular flexibility index (Phi) is 12.7. The third-order valence-corrected chi connectivity index (χ3v) is 2.64. The van der Waals surface area contributed by atoms with Crippen molar-refractivity contribution in [2.24, 2.45) is 10.9 Å². The fraction of sp³-hybridized carbons (Fsp3) is 0.933. The average molecular weight is 287 g/mol. The van der Waals surface area contributed by atoms with Crippen LogP contribution in [-0.2, 0) is 4.74 Å². The molecule has 0 heterocycles. The molecule has 0 aromatic rings. The number of guanidine groups is 1. The highest BCUT2D eigenvalue weighted by Gasteiger charge is 2.05. The lowest BCUT2D eigenvalue weighted by molar-refractivity contribution is 0.0301. The molecule has 0 aliphatic heterocycles. The van der Waals surface area contributed by atoms with Crippen LogP contribution < -0.4 is 10.6 Å². The van der Waals surface area contributed by atoms with E-state index in [9.17, 15) is 5.11 Å². The molecule has 5 nitrogen and oxygen atoms in total. The van der Waals surface area contributed by atoms with Gasteiger partial charge in [0.15, 0.2) is 5.96 Å². The molecule has 20 heavy (non-hydrogen) atoms. The smallest absolute Gasteiger partial charge is 0.191 e. The van der Waals surface area contributed by atoms with Gasteiger partial charge >= 0.3 is 0 Å². The van der Waals surface area contributed by atoms with Crippen LogP contribution in [0.2, 0.25) is 0 Å². The van der Waals surface area contributed by atoms with Crippen molar-refractivity contribution in [1.82, 2.24) is 10.6 Å². The third kappa shape index (κ3) is 12.2. The molecule has 0 amide bonds. The number of aliphatic hydroxyl groups is 1. The molecule has 1 unspecified atom stereocenters. The van der Waals surface area contributed by atoms with Crippen LogP contribution in [0.5, 0.6) is 0 Å². The Labute approximate surface area is 124 Å². The molecular weight excluding hydrogens is 254 g/mol. The molecular formula is C15H33N3O2. The number of rotatable bonds is 11. The van der Waals surface area contributed by atoms with Gasteiger partial charge in [-0.05, 0) is 19.3 Å². The Balaban J connectivity index is 3.92. The number of hydrogen-bond acceptors (Lipinski definition) is 3. The van der Waals surface area contributed by atoms with E-state index in [1.807, 2.05) is 6.92 Å². The van der Waals surface area contributed by atoms with Crippen LogP contribution in [0.15, 0.2) is 4.99 Å². The Morgan fingerprint density at radius 3 is 2.50 bits per heavy atom. The minimum absolute atomic E-state index is 0.344. The fourth-order valence-corrected chi connectivity index (χ4v) is 1.61. The van der Waals surface area contributed by atoms with Crippen LogP contribution in [0, 0.1) is 5.92 Å². The maximum atomic E-state index is 9.80. The van der Waals surface area contributed by atoms with E-state index in [1.165, 1.54) is 12.8 Å². The lowest BCUT2D eigenvalue weighted by Gasteiger charge is -2.13. The van der Waals surface area contributed by atoms with Gasteiger partial charge in [0.25, 0.3) is 0 Å². The predicted molar refractivity (Wildman–Crippen MR) is 85.2 cm³/mol. The number of hydrogen-bond donors (Lipinski definition) is 3. The minimum atomic E-state index is -0.542. The van der Waals surface area contributed by atoms with Crippen molar-refractivity contribution in [3.8, 4) is 0 Å². The first-order valence-corrected chi connectivity index (χ1v) is 7.88. The van der Waals surface area contributed by atoms with Crippen molar-refractivity contribution >= 4 is 5.96 Å². The highest BCUT2D eigenvalue weighted by atomic mass is 16.5. The van der Waals surface area contributed by atoms with E-state index in [-0.39, 0.29) is 0 Å². The standard InChI is InChI=1S/C15H33N3O2/c1-5-7-8-9-17-15(16-6-2)18-10-14(19)12-20-11-13(3)4/h13-14,19H,5-12H2,1-4H3,(H2,16,17,18). The van der Waals surface area contributed by atoms with Gasteiger partial charge in [0.2, 0.25) is 0 Å². The molecule has 5 heteroatoms. The summed E-state index contributed by atoms with van der Waals surface area (Å²) in [6, 6.07) is 0. The van der Waals surface area contributed by atoms with Crippen LogP contribution in [0.25, 0.3) is 0 Å². The maximum Gasteiger partial charge on any atom is 0.191 e. The summed E-state index contributed by atoms with van der Waals surface area (Å²) in [6.07, 6.45) is 3.03. The first-order chi connectivity index (χ1) is 9.60. The van der Waals surface area contributed by atoms with E-state index in [0.29, 0.717) is 25.7 Å². The van der Waals surface area contributed by atoms with Crippen molar-refractivity contribution in [3.63, 3.8) is 0 Å². The van der Waals surface area contributed by atoms with Crippen molar-refractivity contribution < 1.29 is 9.84 Å². The molecule has 0 saturated carbocycles. The van der Waals surface area contributed by atoms with Gasteiger partial charge in [-0.25, -0.2) is 0 Å². The third-order valence-electron chi connectivity index (χ3n) is 2.64. The topological polar surface area (TPSA) is 65.9 Å². The minimum Gasteiger partial charge on any atom is -0.389 e. The lowest BCUT2D eigenvalue weighted by atomic mass is 10.2. The second-order valence-corrected chi connectivity index (χ2v) is 5.44. The largest absolute Gasteiger partial charge is 0.389 e. The second-order valence-electron chi connectivity index (χ2n) is 5.44. The van der Waals surface area contributed by atoms with Crippen molar-refractivity contribution in [3.05, 3.63) is 0 Å². The maximum absolute atomic E-state index is 9.80. The summed E-state index contributed by atoms with van der Waals surface area (Å²) < 4.78 is 5.40. The summed E-state index contributed by atoms with van der Waals surface area (Å²) in [5, 5.41) is 16.2. The second kappa shape index (κ2) is 13.2. The molecule has 0 aliphatic carbocycles. The highest BCUT2D eigenvalue weighted by Crippen LogP contribution is 1.95. The molecule has 0 aromatic heterocycles. The summed E-state index contributed by atoms with van der Waals surface area (Å²) in [4.78, 5) is 4.37. The van der Waals surface area contributed by atoms with Gasteiger partial charge in [0, 0.05) is 19.7 Å². The van der Waals surface area contributed by atoms with Gasteiger partial charge in [-0.15, -0.1) is 0 Å². The highest BCUT2D eigenvalue weighted by molar-refractivity contribution is 5.79. The van der Waals surface area contributed by atoms with Gasteiger partial charge in [0.1, 0.15) is 0 Å². The normalized spacial score (nSPS) is 13.6. The van der Waals surface area contributed by atoms with Crippen molar-refractivity contribution in [1.29, 1.82) is 0 Å². The summed E-state index contributed by atoms with van der Waals surface area (Å²) in [7, 11) is 0. The SMILES string of the molecule is CCCCCNC(=NCC(O)COCC(C)C)NCC. The number of unbranched alkanes of at least 4 members (excludes halogenated alkanes) is 2. The quantitative estimate of drug-likeness (QED) is 0.308. The van der Waals surface area contributed by atoms with Crippen LogP contribution in [0.4, 0.5) is 0 Å². The summed E-state index contributed by atoms with van der Waals surface area (Å²) in [5.41, 5.74) is 0. The summed E-state index contributed by atoms with van der Waals surface area (Å²) in [6.45, 7) is 11.5. The van der Waals surface area contributed by atoms with Crippen molar-refractivity contribution in [2.45, 2.75) is 53.1 Å². The van der Waals surface area contributed by atoms with Gasteiger partial charge < -0.3 is 20.5 Å². The van der Waals surface area contributed by atoms with Gasteiger partial charge in [-0.3, -0.25) is 4.99 Å². The molecule has 0 fully saturated rings. The Bertz CT molecular complexity index is 245. The molecule has 0 radical (unpaired) electrons. The molecule has 0 aromatic carbocycles. The van der Waals surface area contributed by atoms with Gasteiger partial charge in [-0.1, -0.05) is 33.6 Å². The van der Waals surface area contributed by atoms with Gasteiger partial charge in [0.05, 0.1) is 19.3 Å². The average Bonchev–Trinajstić information content (AvgIpc) is 2.40. The molecule has 1 atom stereocenters. The van der Waals surface area contributed by atoms with Crippen LogP contribution in [-0.4, -0.2) is 50.0 Å². The Hall–Kier alpha value is -0.810. The first-order valence-electron chi connectivity index (χ1n) is 7.88. The molecule has 0 bridgehead atoms. The number of aliphatic hydroxyl groups excluding tert-OH is 1. The van der Waals surface area contributed by atoms with Gasteiger partial charge in [-0.2, -0.15) is 0 Å². The lowest BCUT2D eigenvalue weighted by Crippen LogP contribution is -2.38. The molecule has 0 aliphatic rings. The van der Waals surface area contributed by atoms with E-state index in [4.69, 9.17) is 4.74 Å². The predicted octanol–water partition coefficient (Wildman–Crippen LogP) is 1.77. The fourth-order valence-electron chi connectivity index (χ4n) is 1.61. The zero-order chi connectivity index (χ0) is 15.2. The summed E-state index contributed by atoms with van der Waals surface area (Å²) in [5.74, 6) is 1.26. The number of nitrogens with one attached hydrogen (secondary N) is 2.